The summed E-state index contributed by atoms with van der Waals surface area (Å²) in [5.74, 6) is 1.44. The number of anilines is 1. The molecule has 0 bridgehead atoms. The van der Waals surface area contributed by atoms with Crippen molar-refractivity contribution in [2.75, 3.05) is 18.6 Å². The molecule has 1 aliphatic heterocycles. The number of aryl methyl sites for hydroxylation is 2. The predicted octanol–water partition coefficient (Wildman–Crippen LogP) is 3.75. The number of nitrogens with one attached hydrogen (secondary N) is 1. The minimum Gasteiger partial charge on any atom is -0.493 e. The summed E-state index contributed by atoms with van der Waals surface area (Å²) < 4.78 is 11.6. The first kappa shape index (κ1) is 22.1. The average molecular weight is 483 g/mol. The second kappa shape index (κ2) is 9.06. The van der Waals surface area contributed by atoms with Crippen LogP contribution in [0.2, 0.25) is 0 Å². The van der Waals surface area contributed by atoms with Gasteiger partial charge in [-0.3, -0.25) is 14.9 Å². The number of hydrogen-bond donors (Lipinski definition) is 1. The van der Waals surface area contributed by atoms with Crippen LogP contribution in [0.3, 0.4) is 0 Å². The number of benzene rings is 2. The van der Waals surface area contributed by atoms with Crippen LogP contribution in [-0.4, -0.2) is 31.6 Å². The monoisotopic (exact) mass is 482 g/mol. The molecule has 2 aromatic rings. The zero-order valence-corrected chi connectivity index (χ0v) is 18.7. The van der Waals surface area contributed by atoms with Crippen LogP contribution in [0.1, 0.15) is 16.7 Å². The lowest BCUT2D eigenvalue weighted by Gasteiger charge is -2.27. The number of terminal acetylenes is 1. The Morgan fingerprint density at radius 2 is 1.90 bits per heavy atom. The molecule has 0 aliphatic carbocycles. The van der Waals surface area contributed by atoms with Gasteiger partial charge in [-0.2, -0.15) is 0 Å². The average Bonchev–Trinajstić information content (AvgIpc) is 2.72. The summed E-state index contributed by atoms with van der Waals surface area (Å²) >= 11 is 3.37. The molecule has 1 N–H and O–H groups in total. The highest BCUT2D eigenvalue weighted by Crippen LogP contribution is 2.37. The van der Waals surface area contributed by atoms with Gasteiger partial charge in [-0.25, -0.2) is 9.69 Å². The third-order valence-corrected chi connectivity index (χ3v) is 5.18. The Labute approximate surface area is 188 Å². The first-order valence-electron chi connectivity index (χ1n) is 9.19. The smallest absolute Gasteiger partial charge is 0.335 e. The van der Waals surface area contributed by atoms with Gasteiger partial charge < -0.3 is 9.47 Å². The van der Waals surface area contributed by atoms with Crippen molar-refractivity contribution in [3.8, 4) is 23.8 Å². The van der Waals surface area contributed by atoms with E-state index in [0.29, 0.717) is 21.5 Å². The summed E-state index contributed by atoms with van der Waals surface area (Å²) in [6, 6.07) is 7.67. The molecule has 7 nitrogen and oxygen atoms in total. The summed E-state index contributed by atoms with van der Waals surface area (Å²) in [4.78, 5) is 39.1. The molecule has 0 spiro atoms. The Bertz CT molecular complexity index is 1160. The molecule has 31 heavy (non-hydrogen) atoms. The number of ether oxygens (including phenoxy) is 2. The quantitative estimate of drug-likeness (QED) is 0.398. The summed E-state index contributed by atoms with van der Waals surface area (Å²) in [6.07, 6.45) is 6.64. The van der Waals surface area contributed by atoms with E-state index in [1.54, 1.807) is 30.3 Å². The Morgan fingerprint density at radius 3 is 2.55 bits per heavy atom. The molecule has 1 aliphatic rings. The van der Waals surface area contributed by atoms with Crippen LogP contribution in [0.5, 0.6) is 11.5 Å². The van der Waals surface area contributed by atoms with E-state index in [-0.39, 0.29) is 17.9 Å². The van der Waals surface area contributed by atoms with Crippen LogP contribution in [0, 0.1) is 26.2 Å². The van der Waals surface area contributed by atoms with Gasteiger partial charge in [0.05, 0.1) is 12.8 Å². The van der Waals surface area contributed by atoms with Crippen LogP contribution < -0.4 is 19.7 Å². The van der Waals surface area contributed by atoms with E-state index in [1.165, 1.54) is 13.2 Å². The lowest BCUT2D eigenvalue weighted by atomic mass is 10.0. The Balaban J connectivity index is 2.11. The fraction of sp³-hybridized carbons (Fsp3) is 0.174. The van der Waals surface area contributed by atoms with Gasteiger partial charge >= 0.3 is 6.03 Å². The van der Waals surface area contributed by atoms with Gasteiger partial charge in [0, 0.05) is 10.0 Å². The normalized spacial score (nSPS) is 15.0. The van der Waals surface area contributed by atoms with E-state index in [0.717, 1.165) is 16.0 Å². The van der Waals surface area contributed by atoms with E-state index in [9.17, 15) is 14.4 Å². The maximum atomic E-state index is 13.2. The number of halogens is 1. The summed E-state index contributed by atoms with van der Waals surface area (Å²) in [6.45, 7) is 3.75. The molecule has 0 saturated carbocycles. The predicted molar refractivity (Wildman–Crippen MR) is 120 cm³/mol. The standard InChI is InChI=1S/C23H19BrN2O5/c1-5-8-31-20-15(10-16(24)12-19(20)30-4)11-18-21(27)25-23(29)26(22(18)28)17-7-6-13(2)14(3)9-17/h1,6-7,9-12H,8H2,2-4H3,(H,25,27,29)/b18-11+. The number of hydrogen-bond acceptors (Lipinski definition) is 5. The number of urea groups is 1. The molecular weight excluding hydrogens is 464 g/mol. The van der Waals surface area contributed by atoms with Gasteiger partial charge in [0.1, 0.15) is 12.2 Å². The molecule has 1 fully saturated rings. The lowest BCUT2D eigenvalue weighted by molar-refractivity contribution is -0.122. The van der Waals surface area contributed by atoms with Crippen molar-refractivity contribution in [3.63, 3.8) is 0 Å². The largest absolute Gasteiger partial charge is 0.493 e. The van der Waals surface area contributed by atoms with Gasteiger partial charge in [-0.15, -0.1) is 6.42 Å². The Kier molecular flexibility index (Phi) is 6.47. The fourth-order valence-electron chi connectivity index (χ4n) is 3.03. The van der Waals surface area contributed by atoms with E-state index in [4.69, 9.17) is 15.9 Å². The van der Waals surface area contributed by atoms with Crippen molar-refractivity contribution < 1.29 is 23.9 Å². The lowest BCUT2D eigenvalue weighted by Crippen LogP contribution is -2.54. The molecule has 0 unspecified atom stereocenters. The number of carbonyl (C=O) groups excluding carboxylic acids is 3. The van der Waals surface area contributed by atoms with Crippen molar-refractivity contribution in [3.05, 3.63) is 57.1 Å². The highest BCUT2D eigenvalue weighted by Gasteiger charge is 2.37. The number of methoxy groups -OCH3 is 1. The van der Waals surface area contributed by atoms with Crippen LogP contribution in [0.15, 0.2) is 40.4 Å². The molecule has 4 amide bonds. The van der Waals surface area contributed by atoms with Crippen molar-refractivity contribution in [2.45, 2.75) is 13.8 Å². The number of carbonyl (C=O) groups is 3. The van der Waals surface area contributed by atoms with E-state index in [2.05, 4.69) is 27.2 Å². The van der Waals surface area contributed by atoms with E-state index >= 15 is 0 Å². The number of nitrogens with zero attached hydrogens (tertiary/aromatic N) is 1. The van der Waals surface area contributed by atoms with E-state index < -0.39 is 17.8 Å². The second-order valence-corrected chi connectivity index (χ2v) is 7.66. The molecule has 2 aromatic carbocycles. The van der Waals surface area contributed by atoms with E-state index in [1.807, 2.05) is 13.8 Å². The first-order valence-corrected chi connectivity index (χ1v) is 9.98. The summed E-state index contributed by atoms with van der Waals surface area (Å²) in [7, 11) is 1.46. The molecular formula is C23H19BrN2O5. The van der Waals surface area contributed by atoms with Crippen LogP contribution in [0.25, 0.3) is 6.08 Å². The van der Waals surface area contributed by atoms with Crippen molar-refractivity contribution in [1.82, 2.24) is 5.32 Å². The molecule has 1 heterocycles. The third kappa shape index (κ3) is 4.47. The van der Waals surface area contributed by atoms with Crippen molar-refractivity contribution >= 4 is 45.5 Å². The molecule has 8 heteroatoms. The summed E-state index contributed by atoms with van der Waals surface area (Å²) in [5.41, 5.74) is 2.43. The van der Waals surface area contributed by atoms with Gasteiger partial charge in [-0.1, -0.05) is 27.9 Å². The third-order valence-electron chi connectivity index (χ3n) is 4.72. The van der Waals surface area contributed by atoms with Gasteiger partial charge in [0.2, 0.25) is 0 Å². The van der Waals surface area contributed by atoms with Gasteiger partial charge in [0.15, 0.2) is 11.5 Å². The molecule has 158 valence electrons. The maximum absolute atomic E-state index is 13.2. The zero-order chi connectivity index (χ0) is 22.7. The van der Waals surface area contributed by atoms with Gasteiger partial charge in [0.25, 0.3) is 11.8 Å². The molecule has 3 rings (SSSR count). The molecule has 0 atom stereocenters. The molecule has 1 saturated heterocycles. The number of barbiturate groups is 1. The Morgan fingerprint density at radius 1 is 1.16 bits per heavy atom. The minimum absolute atomic E-state index is 0.0401. The zero-order valence-electron chi connectivity index (χ0n) is 17.1. The number of rotatable bonds is 5. The maximum Gasteiger partial charge on any atom is 0.335 e. The highest BCUT2D eigenvalue weighted by atomic mass is 79.9. The van der Waals surface area contributed by atoms with Crippen LogP contribution >= 0.6 is 15.9 Å². The fourth-order valence-corrected chi connectivity index (χ4v) is 3.48. The highest BCUT2D eigenvalue weighted by molar-refractivity contribution is 9.10. The topological polar surface area (TPSA) is 84.9 Å². The first-order chi connectivity index (χ1) is 14.8. The van der Waals surface area contributed by atoms with Crippen LogP contribution in [-0.2, 0) is 9.59 Å². The second-order valence-electron chi connectivity index (χ2n) is 6.75. The SMILES string of the molecule is C#CCOc1c(/C=C2\C(=O)NC(=O)N(c3ccc(C)c(C)c3)C2=O)cc(Br)cc1OC. The molecule has 0 radical (unpaired) electrons. The van der Waals surface area contributed by atoms with Crippen molar-refractivity contribution in [1.29, 1.82) is 0 Å². The van der Waals surface area contributed by atoms with Crippen LogP contribution in [0.4, 0.5) is 10.5 Å². The number of amides is 4. The molecule has 0 aromatic heterocycles. The Hall–Kier alpha value is -3.57. The minimum atomic E-state index is -0.814. The summed E-state index contributed by atoms with van der Waals surface area (Å²) in [5, 5.41) is 2.21. The van der Waals surface area contributed by atoms with Gasteiger partial charge in [-0.05, 0) is 55.3 Å². The number of imide groups is 2. The van der Waals surface area contributed by atoms with Crippen molar-refractivity contribution in [2.24, 2.45) is 0 Å².